The second kappa shape index (κ2) is 5.35. The molecule has 2 N–H and O–H groups in total. The minimum atomic E-state index is -1.11. The summed E-state index contributed by atoms with van der Waals surface area (Å²) in [4.78, 5) is 12.7. The quantitative estimate of drug-likeness (QED) is 0.778. The first-order chi connectivity index (χ1) is 10.1. The highest BCUT2D eigenvalue weighted by Crippen LogP contribution is 2.32. The van der Waals surface area contributed by atoms with E-state index in [1.54, 1.807) is 13.0 Å². The zero-order valence-corrected chi connectivity index (χ0v) is 12.3. The van der Waals surface area contributed by atoms with Gasteiger partial charge in [-0.25, -0.2) is 0 Å². The fourth-order valence-electron chi connectivity index (χ4n) is 2.08. The van der Waals surface area contributed by atoms with Gasteiger partial charge in [0.1, 0.15) is 11.9 Å². The van der Waals surface area contributed by atoms with Gasteiger partial charge >= 0.3 is 0 Å². The van der Waals surface area contributed by atoms with Crippen molar-refractivity contribution in [3.05, 3.63) is 59.4 Å². The number of benzene rings is 1. The number of thiophene rings is 1. The van der Waals surface area contributed by atoms with Crippen molar-refractivity contribution in [3.8, 4) is 0 Å². The maximum Gasteiger partial charge on any atom is 0.254 e. The van der Waals surface area contributed by atoms with E-state index in [1.165, 1.54) is 23.9 Å². The van der Waals surface area contributed by atoms with Crippen molar-refractivity contribution < 1.29 is 14.3 Å². The lowest BCUT2D eigenvalue weighted by Crippen LogP contribution is -2.37. The highest BCUT2D eigenvalue weighted by molar-refractivity contribution is 7.19. The Morgan fingerprint density at radius 1 is 1.38 bits per heavy atom. The molecule has 0 bridgehead atoms. The van der Waals surface area contributed by atoms with Gasteiger partial charge in [0.25, 0.3) is 5.91 Å². The number of aliphatic hydroxyl groups is 1. The monoisotopic (exact) mass is 301 g/mol. The van der Waals surface area contributed by atoms with Crippen molar-refractivity contribution in [1.82, 2.24) is 5.32 Å². The van der Waals surface area contributed by atoms with E-state index in [9.17, 15) is 9.90 Å². The van der Waals surface area contributed by atoms with E-state index < -0.39 is 5.60 Å². The molecule has 0 aliphatic heterocycles. The normalized spacial score (nSPS) is 14.0. The lowest BCUT2D eigenvalue weighted by atomic mass is 10.0. The molecule has 1 aromatic carbocycles. The molecule has 0 radical (unpaired) electrons. The van der Waals surface area contributed by atoms with Crippen LogP contribution in [0.4, 0.5) is 0 Å². The summed E-state index contributed by atoms with van der Waals surface area (Å²) in [5.74, 6) is -0.259. The zero-order valence-electron chi connectivity index (χ0n) is 11.5. The molecule has 0 aliphatic rings. The molecule has 1 atom stereocenters. The maximum atomic E-state index is 11.9. The van der Waals surface area contributed by atoms with Gasteiger partial charge in [0, 0.05) is 9.58 Å². The van der Waals surface area contributed by atoms with Crippen LogP contribution in [-0.4, -0.2) is 17.6 Å². The molecule has 0 unspecified atom stereocenters. The zero-order chi connectivity index (χ0) is 14.9. The maximum absolute atomic E-state index is 11.9. The molecule has 0 spiro atoms. The van der Waals surface area contributed by atoms with Crippen LogP contribution in [0.3, 0.4) is 0 Å². The van der Waals surface area contributed by atoms with Gasteiger partial charge in [-0.05, 0) is 30.5 Å². The number of carbonyl (C=O) groups excluding carboxylic acids is 1. The van der Waals surface area contributed by atoms with Crippen LogP contribution in [0.2, 0.25) is 0 Å². The Hall–Kier alpha value is -2.11. The van der Waals surface area contributed by atoms with Crippen molar-refractivity contribution >= 4 is 27.3 Å². The van der Waals surface area contributed by atoms with Crippen LogP contribution in [0.25, 0.3) is 10.1 Å². The summed E-state index contributed by atoms with van der Waals surface area (Å²) >= 11 is 1.53. The molecular formula is C16H15NO3S. The Kier molecular flexibility index (Phi) is 3.53. The average molecular weight is 301 g/mol. The van der Waals surface area contributed by atoms with Crippen molar-refractivity contribution in [2.45, 2.75) is 12.5 Å². The second-order valence-electron chi connectivity index (χ2n) is 5.12. The molecule has 2 aromatic heterocycles. The first-order valence-corrected chi connectivity index (χ1v) is 7.40. The van der Waals surface area contributed by atoms with E-state index >= 15 is 0 Å². The Morgan fingerprint density at radius 3 is 2.90 bits per heavy atom. The van der Waals surface area contributed by atoms with Crippen LogP contribution in [0.15, 0.2) is 53.3 Å². The van der Waals surface area contributed by atoms with Gasteiger partial charge in [0.2, 0.25) is 0 Å². The Morgan fingerprint density at radius 2 is 2.19 bits per heavy atom. The van der Waals surface area contributed by atoms with Crippen LogP contribution >= 0.6 is 11.3 Å². The Bertz CT molecular complexity index is 726. The smallest absolute Gasteiger partial charge is 0.254 e. The Labute approximate surface area is 126 Å². The molecule has 0 aliphatic carbocycles. The molecular weight excluding hydrogens is 286 g/mol. The van der Waals surface area contributed by atoms with Crippen LogP contribution in [-0.2, 0) is 5.60 Å². The largest absolute Gasteiger partial charge is 0.472 e. The van der Waals surface area contributed by atoms with Gasteiger partial charge in [0.15, 0.2) is 0 Å². The SMILES string of the molecule is C[C@@](O)(CNC(=O)c1ccoc1)c1cc2ccccc2s1. The highest BCUT2D eigenvalue weighted by Gasteiger charge is 2.26. The highest BCUT2D eigenvalue weighted by atomic mass is 32.1. The van der Waals surface area contributed by atoms with Gasteiger partial charge < -0.3 is 14.8 Å². The van der Waals surface area contributed by atoms with Crippen molar-refractivity contribution in [1.29, 1.82) is 0 Å². The fourth-order valence-corrected chi connectivity index (χ4v) is 3.19. The van der Waals surface area contributed by atoms with Crippen molar-refractivity contribution in [2.24, 2.45) is 0 Å². The summed E-state index contributed by atoms with van der Waals surface area (Å²) in [7, 11) is 0. The summed E-state index contributed by atoms with van der Waals surface area (Å²) < 4.78 is 5.99. The van der Waals surface area contributed by atoms with Gasteiger partial charge in [-0.1, -0.05) is 18.2 Å². The number of hydrogen-bond acceptors (Lipinski definition) is 4. The molecule has 0 saturated carbocycles. The number of rotatable bonds is 4. The first-order valence-electron chi connectivity index (χ1n) is 6.58. The van der Waals surface area contributed by atoms with Crippen LogP contribution < -0.4 is 5.32 Å². The lowest BCUT2D eigenvalue weighted by molar-refractivity contribution is 0.0557. The van der Waals surface area contributed by atoms with Gasteiger partial charge in [-0.3, -0.25) is 4.79 Å². The fraction of sp³-hybridized carbons (Fsp3) is 0.188. The number of hydrogen-bond donors (Lipinski definition) is 2. The molecule has 21 heavy (non-hydrogen) atoms. The van der Waals surface area contributed by atoms with Gasteiger partial charge in [0.05, 0.1) is 18.4 Å². The van der Waals surface area contributed by atoms with E-state index in [4.69, 9.17) is 4.42 Å². The Balaban J connectivity index is 1.75. The molecule has 2 heterocycles. The third kappa shape index (κ3) is 2.84. The van der Waals surface area contributed by atoms with Crippen LogP contribution in [0.5, 0.6) is 0 Å². The number of nitrogens with one attached hydrogen (secondary N) is 1. The van der Waals surface area contributed by atoms with Crippen LogP contribution in [0, 0.1) is 0 Å². The van der Waals surface area contributed by atoms with E-state index in [2.05, 4.69) is 5.32 Å². The van der Waals surface area contributed by atoms with E-state index in [1.807, 2.05) is 30.3 Å². The molecule has 108 valence electrons. The number of fused-ring (bicyclic) bond motifs is 1. The van der Waals surface area contributed by atoms with E-state index in [0.717, 1.165) is 15.0 Å². The lowest BCUT2D eigenvalue weighted by Gasteiger charge is -2.22. The molecule has 1 amide bonds. The minimum absolute atomic E-state index is 0.143. The van der Waals surface area contributed by atoms with E-state index in [0.29, 0.717) is 5.56 Å². The minimum Gasteiger partial charge on any atom is -0.472 e. The summed E-state index contributed by atoms with van der Waals surface area (Å²) in [6.45, 7) is 1.84. The van der Waals surface area contributed by atoms with E-state index in [-0.39, 0.29) is 12.5 Å². The predicted molar refractivity (Wildman–Crippen MR) is 82.4 cm³/mol. The standard InChI is InChI=1S/C16H15NO3S/c1-16(19,10-17-15(18)12-6-7-20-9-12)14-8-11-4-2-3-5-13(11)21-14/h2-9,19H,10H2,1H3,(H,17,18)/t16-/m1/s1. The molecule has 3 aromatic rings. The summed E-state index contributed by atoms with van der Waals surface area (Å²) in [5.41, 5.74) is -0.662. The third-order valence-corrected chi connectivity index (χ3v) is 4.70. The van der Waals surface area contributed by atoms with Gasteiger partial charge in [-0.15, -0.1) is 11.3 Å². The molecule has 0 fully saturated rings. The molecule has 5 heteroatoms. The number of furan rings is 1. The summed E-state index contributed by atoms with van der Waals surface area (Å²) in [5, 5.41) is 14.4. The molecule has 3 rings (SSSR count). The number of amides is 1. The number of carbonyl (C=O) groups is 1. The average Bonchev–Trinajstić information content (AvgIpc) is 3.13. The van der Waals surface area contributed by atoms with Crippen LogP contribution in [0.1, 0.15) is 22.2 Å². The predicted octanol–water partition coefficient (Wildman–Crippen LogP) is 3.13. The molecule has 0 saturated heterocycles. The second-order valence-corrected chi connectivity index (χ2v) is 6.20. The molecule has 4 nitrogen and oxygen atoms in total. The van der Waals surface area contributed by atoms with Gasteiger partial charge in [-0.2, -0.15) is 0 Å². The van der Waals surface area contributed by atoms with Crippen molar-refractivity contribution in [3.63, 3.8) is 0 Å². The topological polar surface area (TPSA) is 62.5 Å². The summed E-state index contributed by atoms with van der Waals surface area (Å²) in [6, 6.07) is 11.5. The first kappa shape index (κ1) is 13.9. The van der Waals surface area contributed by atoms with Crippen molar-refractivity contribution in [2.75, 3.05) is 6.54 Å². The summed E-state index contributed by atoms with van der Waals surface area (Å²) in [6.07, 6.45) is 2.82. The third-order valence-electron chi connectivity index (χ3n) is 3.33.